The van der Waals surface area contributed by atoms with E-state index in [1.807, 2.05) is 24.3 Å². The minimum Gasteiger partial charge on any atom is -0.494 e. The van der Waals surface area contributed by atoms with Gasteiger partial charge in [0.1, 0.15) is 23.9 Å². The van der Waals surface area contributed by atoms with Gasteiger partial charge in [0.15, 0.2) is 0 Å². The van der Waals surface area contributed by atoms with Crippen molar-refractivity contribution < 1.29 is 13.9 Å². The van der Waals surface area contributed by atoms with Crippen LogP contribution in [0.25, 0.3) is 0 Å². The number of benzene rings is 2. The van der Waals surface area contributed by atoms with Crippen LogP contribution in [0.3, 0.4) is 0 Å². The molecule has 0 fully saturated rings. The van der Waals surface area contributed by atoms with Crippen molar-refractivity contribution in [2.45, 2.75) is 13.3 Å². The number of nitrogens with one attached hydrogen (secondary N) is 1. The maximum atomic E-state index is 12.7. The summed E-state index contributed by atoms with van der Waals surface area (Å²) in [6, 6.07) is 13.9. The summed E-state index contributed by atoms with van der Waals surface area (Å²) in [6.07, 6.45) is 0.993. The highest BCUT2D eigenvalue weighted by molar-refractivity contribution is 5.42. The third kappa shape index (κ3) is 5.34. The van der Waals surface area contributed by atoms with Gasteiger partial charge >= 0.3 is 0 Å². The van der Waals surface area contributed by atoms with Crippen molar-refractivity contribution in [3.05, 3.63) is 54.3 Å². The SMILES string of the molecule is CCCOc1ccc(OCCNc2ccc(F)cc2)cc1. The first-order chi connectivity index (χ1) is 10.3. The monoisotopic (exact) mass is 289 g/mol. The molecule has 112 valence electrons. The predicted octanol–water partition coefficient (Wildman–Crippen LogP) is 4.11. The van der Waals surface area contributed by atoms with Gasteiger partial charge in [0.25, 0.3) is 0 Å². The fourth-order valence-electron chi connectivity index (χ4n) is 1.78. The maximum Gasteiger partial charge on any atom is 0.123 e. The van der Waals surface area contributed by atoms with Gasteiger partial charge in [-0.05, 0) is 55.0 Å². The maximum absolute atomic E-state index is 12.7. The Morgan fingerprint density at radius 3 is 2.00 bits per heavy atom. The average molecular weight is 289 g/mol. The van der Waals surface area contributed by atoms with E-state index in [0.717, 1.165) is 30.2 Å². The third-order valence-electron chi connectivity index (χ3n) is 2.84. The van der Waals surface area contributed by atoms with E-state index in [2.05, 4.69) is 12.2 Å². The minimum atomic E-state index is -0.234. The molecule has 0 atom stereocenters. The number of halogens is 1. The van der Waals surface area contributed by atoms with Crippen molar-refractivity contribution in [1.82, 2.24) is 0 Å². The van der Waals surface area contributed by atoms with Crippen LogP contribution in [-0.4, -0.2) is 19.8 Å². The van der Waals surface area contributed by atoms with Gasteiger partial charge in [0.05, 0.1) is 6.61 Å². The van der Waals surface area contributed by atoms with E-state index in [-0.39, 0.29) is 5.82 Å². The van der Waals surface area contributed by atoms with Crippen LogP contribution in [-0.2, 0) is 0 Å². The lowest BCUT2D eigenvalue weighted by atomic mass is 10.3. The summed E-state index contributed by atoms with van der Waals surface area (Å²) in [6.45, 7) is 3.99. The average Bonchev–Trinajstić information content (AvgIpc) is 2.52. The van der Waals surface area contributed by atoms with E-state index in [1.165, 1.54) is 12.1 Å². The zero-order valence-corrected chi connectivity index (χ0v) is 12.1. The number of ether oxygens (including phenoxy) is 2. The second kappa shape index (κ2) is 8.15. The van der Waals surface area contributed by atoms with Gasteiger partial charge in [-0.15, -0.1) is 0 Å². The standard InChI is InChI=1S/C17H20FNO2/c1-2-12-20-16-7-9-17(10-8-16)21-13-11-19-15-5-3-14(18)4-6-15/h3-10,19H,2,11-13H2,1H3. The molecule has 0 amide bonds. The first kappa shape index (κ1) is 15.2. The van der Waals surface area contributed by atoms with E-state index in [9.17, 15) is 4.39 Å². The first-order valence-electron chi connectivity index (χ1n) is 7.13. The van der Waals surface area contributed by atoms with Crippen molar-refractivity contribution >= 4 is 5.69 Å². The van der Waals surface area contributed by atoms with Gasteiger partial charge in [-0.2, -0.15) is 0 Å². The van der Waals surface area contributed by atoms with Crippen LogP contribution >= 0.6 is 0 Å². The summed E-state index contributed by atoms with van der Waals surface area (Å²) in [5.74, 6) is 1.43. The van der Waals surface area contributed by atoms with Crippen LogP contribution in [0, 0.1) is 5.82 Å². The van der Waals surface area contributed by atoms with Crippen LogP contribution in [0.5, 0.6) is 11.5 Å². The van der Waals surface area contributed by atoms with Crippen LogP contribution < -0.4 is 14.8 Å². The van der Waals surface area contributed by atoms with Crippen LogP contribution in [0.1, 0.15) is 13.3 Å². The molecule has 0 aliphatic heterocycles. The molecule has 2 aromatic carbocycles. The molecule has 2 rings (SSSR count). The zero-order valence-electron chi connectivity index (χ0n) is 12.1. The number of rotatable bonds is 8. The molecular formula is C17H20FNO2. The molecule has 21 heavy (non-hydrogen) atoms. The lowest BCUT2D eigenvalue weighted by Crippen LogP contribution is -2.11. The molecule has 0 spiro atoms. The van der Waals surface area contributed by atoms with Gasteiger partial charge in [0.2, 0.25) is 0 Å². The lowest BCUT2D eigenvalue weighted by Gasteiger charge is -2.09. The molecule has 1 N–H and O–H groups in total. The molecule has 0 aliphatic carbocycles. The smallest absolute Gasteiger partial charge is 0.123 e. The number of anilines is 1. The molecular weight excluding hydrogens is 269 g/mol. The topological polar surface area (TPSA) is 30.5 Å². The highest BCUT2D eigenvalue weighted by Crippen LogP contribution is 2.17. The minimum absolute atomic E-state index is 0.234. The predicted molar refractivity (Wildman–Crippen MR) is 82.6 cm³/mol. The van der Waals surface area contributed by atoms with Gasteiger partial charge < -0.3 is 14.8 Å². The summed E-state index contributed by atoms with van der Waals surface area (Å²) >= 11 is 0. The molecule has 0 heterocycles. The molecule has 0 saturated heterocycles. The Balaban J connectivity index is 1.69. The Kier molecular flexibility index (Phi) is 5.88. The highest BCUT2D eigenvalue weighted by atomic mass is 19.1. The van der Waals surface area contributed by atoms with Crippen molar-refractivity contribution in [1.29, 1.82) is 0 Å². The van der Waals surface area contributed by atoms with E-state index < -0.39 is 0 Å². The van der Waals surface area contributed by atoms with E-state index in [4.69, 9.17) is 9.47 Å². The second-order valence-electron chi connectivity index (χ2n) is 4.60. The normalized spacial score (nSPS) is 10.2. The molecule has 0 radical (unpaired) electrons. The van der Waals surface area contributed by atoms with E-state index in [0.29, 0.717) is 13.2 Å². The lowest BCUT2D eigenvalue weighted by molar-refractivity contribution is 0.313. The highest BCUT2D eigenvalue weighted by Gasteiger charge is 1.97. The first-order valence-corrected chi connectivity index (χ1v) is 7.13. The molecule has 0 aromatic heterocycles. The van der Waals surface area contributed by atoms with E-state index in [1.54, 1.807) is 12.1 Å². The van der Waals surface area contributed by atoms with Crippen LogP contribution in [0.4, 0.5) is 10.1 Å². The number of hydrogen-bond donors (Lipinski definition) is 1. The number of hydrogen-bond acceptors (Lipinski definition) is 3. The molecule has 0 aliphatic rings. The molecule has 0 saturated carbocycles. The third-order valence-corrected chi connectivity index (χ3v) is 2.84. The Morgan fingerprint density at radius 2 is 1.43 bits per heavy atom. The molecule has 4 heteroatoms. The van der Waals surface area contributed by atoms with Crippen molar-refractivity contribution in [3.8, 4) is 11.5 Å². The van der Waals surface area contributed by atoms with Gasteiger partial charge in [-0.3, -0.25) is 0 Å². The Hall–Kier alpha value is -2.23. The van der Waals surface area contributed by atoms with Crippen LogP contribution in [0.15, 0.2) is 48.5 Å². The Labute approximate surface area is 124 Å². The summed E-state index contributed by atoms with van der Waals surface area (Å²) in [5, 5.41) is 3.17. The fraction of sp³-hybridized carbons (Fsp3) is 0.294. The summed E-state index contributed by atoms with van der Waals surface area (Å²) in [7, 11) is 0. The Bertz CT molecular complexity index is 525. The van der Waals surface area contributed by atoms with Gasteiger partial charge in [0, 0.05) is 12.2 Å². The largest absolute Gasteiger partial charge is 0.494 e. The summed E-state index contributed by atoms with van der Waals surface area (Å²) < 4.78 is 23.9. The molecule has 2 aromatic rings. The van der Waals surface area contributed by atoms with Crippen molar-refractivity contribution in [2.24, 2.45) is 0 Å². The van der Waals surface area contributed by atoms with Crippen LogP contribution in [0.2, 0.25) is 0 Å². The molecule has 0 unspecified atom stereocenters. The second-order valence-corrected chi connectivity index (χ2v) is 4.60. The summed E-state index contributed by atoms with van der Waals surface area (Å²) in [5.41, 5.74) is 0.878. The van der Waals surface area contributed by atoms with Crippen molar-refractivity contribution in [2.75, 3.05) is 25.1 Å². The zero-order chi connectivity index (χ0) is 14.9. The fourth-order valence-corrected chi connectivity index (χ4v) is 1.78. The summed E-state index contributed by atoms with van der Waals surface area (Å²) in [4.78, 5) is 0. The van der Waals surface area contributed by atoms with Crippen molar-refractivity contribution in [3.63, 3.8) is 0 Å². The molecule has 0 bridgehead atoms. The van der Waals surface area contributed by atoms with Gasteiger partial charge in [-0.25, -0.2) is 4.39 Å². The van der Waals surface area contributed by atoms with E-state index >= 15 is 0 Å². The van der Waals surface area contributed by atoms with Gasteiger partial charge in [-0.1, -0.05) is 6.92 Å². The quantitative estimate of drug-likeness (QED) is 0.742. The molecule has 3 nitrogen and oxygen atoms in total. The Morgan fingerprint density at radius 1 is 0.857 bits per heavy atom.